The fourth-order valence-corrected chi connectivity index (χ4v) is 5.66. The fraction of sp³-hybridized carbons (Fsp3) is 0.560. The van der Waals surface area contributed by atoms with Crippen LogP contribution in [0, 0.1) is 5.41 Å². The van der Waals surface area contributed by atoms with Crippen molar-refractivity contribution in [3.63, 3.8) is 0 Å². The topological polar surface area (TPSA) is 78.8 Å². The molecule has 1 aromatic carbocycles. The first-order valence-electron chi connectivity index (χ1n) is 11.8. The number of carbonyl (C=O) groups is 1. The van der Waals surface area contributed by atoms with Crippen molar-refractivity contribution < 1.29 is 14.6 Å². The Bertz CT molecular complexity index is 941. The lowest BCUT2D eigenvalue weighted by Crippen LogP contribution is -2.50. The highest BCUT2D eigenvalue weighted by Gasteiger charge is 2.50. The van der Waals surface area contributed by atoms with Gasteiger partial charge in [-0.05, 0) is 62.6 Å². The second-order valence-electron chi connectivity index (χ2n) is 9.52. The summed E-state index contributed by atoms with van der Waals surface area (Å²) < 4.78 is 5.23. The van der Waals surface area contributed by atoms with Gasteiger partial charge in [-0.3, -0.25) is 4.79 Å². The van der Waals surface area contributed by atoms with Crippen LogP contribution in [-0.2, 0) is 4.79 Å². The van der Waals surface area contributed by atoms with Gasteiger partial charge in [0.15, 0.2) is 0 Å². The maximum atomic E-state index is 13.5. The molecule has 1 N–H and O–H groups in total. The molecule has 1 spiro atoms. The minimum atomic E-state index is -0.313. The molecule has 32 heavy (non-hydrogen) atoms. The van der Waals surface area contributed by atoms with E-state index in [0.29, 0.717) is 24.4 Å². The summed E-state index contributed by atoms with van der Waals surface area (Å²) in [6.45, 7) is 2.41. The Labute approximate surface area is 189 Å². The second kappa shape index (κ2) is 8.70. The number of likely N-dealkylation sites (tertiary alicyclic amines) is 1. The zero-order chi connectivity index (χ0) is 22.1. The summed E-state index contributed by atoms with van der Waals surface area (Å²) in [4.78, 5) is 27.1. The zero-order valence-electron chi connectivity index (χ0n) is 18.7. The van der Waals surface area contributed by atoms with Crippen LogP contribution < -0.4 is 9.64 Å². The third kappa shape index (κ3) is 3.94. The van der Waals surface area contributed by atoms with Crippen LogP contribution in [0.5, 0.6) is 5.75 Å². The number of aliphatic hydroxyl groups excluding tert-OH is 1. The van der Waals surface area contributed by atoms with Crippen LogP contribution in [0.4, 0.5) is 5.95 Å². The summed E-state index contributed by atoms with van der Waals surface area (Å²) in [5, 5.41) is 9.82. The molecule has 3 aliphatic rings. The van der Waals surface area contributed by atoms with Crippen LogP contribution in [0.2, 0.25) is 0 Å². The number of carbonyl (C=O) groups excluding carboxylic acids is 1. The summed E-state index contributed by atoms with van der Waals surface area (Å²) >= 11 is 0. The lowest BCUT2D eigenvalue weighted by molar-refractivity contribution is -0.139. The van der Waals surface area contributed by atoms with Crippen LogP contribution in [-0.4, -0.2) is 64.8 Å². The minimum Gasteiger partial charge on any atom is -0.497 e. The van der Waals surface area contributed by atoms with E-state index >= 15 is 0 Å². The van der Waals surface area contributed by atoms with Gasteiger partial charge in [0.1, 0.15) is 5.75 Å². The van der Waals surface area contributed by atoms with E-state index in [4.69, 9.17) is 4.74 Å². The van der Waals surface area contributed by atoms with Gasteiger partial charge in [0.2, 0.25) is 11.9 Å². The molecule has 1 amide bonds. The molecule has 5 rings (SSSR count). The molecule has 2 saturated heterocycles. The number of hydrogen-bond donors (Lipinski definition) is 1. The average Bonchev–Trinajstić information content (AvgIpc) is 3.15. The van der Waals surface area contributed by atoms with Gasteiger partial charge in [-0.25, -0.2) is 9.97 Å². The molecule has 3 fully saturated rings. The summed E-state index contributed by atoms with van der Waals surface area (Å²) in [6, 6.07) is 8.16. The van der Waals surface area contributed by atoms with Crippen molar-refractivity contribution in [3.05, 3.63) is 36.7 Å². The molecule has 7 heteroatoms. The van der Waals surface area contributed by atoms with Gasteiger partial charge in [0, 0.05) is 43.6 Å². The Morgan fingerprint density at radius 3 is 2.41 bits per heavy atom. The Morgan fingerprint density at radius 1 is 1.00 bits per heavy atom. The molecule has 0 bridgehead atoms. The number of methoxy groups -OCH3 is 1. The highest BCUT2D eigenvalue weighted by molar-refractivity contribution is 5.86. The molecule has 3 heterocycles. The lowest BCUT2D eigenvalue weighted by atomic mass is 9.78. The smallest absolute Gasteiger partial charge is 0.230 e. The summed E-state index contributed by atoms with van der Waals surface area (Å²) in [7, 11) is 1.66. The zero-order valence-corrected chi connectivity index (χ0v) is 18.7. The first-order chi connectivity index (χ1) is 15.6. The molecule has 1 saturated carbocycles. The van der Waals surface area contributed by atoms with Gasteiger partial charge < -0.3 is 19.6 Å². The van der Waals surface area contributed by atoms with Crippen LogP contribution in [0.3, 0.4) is 0 Å². The van der Waals surface area contributed by atoms with Gasteiger partial charge in [-0.1, -0.05) is 12.1 Å². The molecule has 2 aliphatic heterocycles. The Balaban J connectivity index is 1.28. The van der Waals surface area contributed by atoms with Crippen LogP contribution in [0.15, 0.2) is 36.7 Å². The van der Waals surface area contributed by atoms with Crippen LogP contribution in [0.25, 0.3) is 11.1 Å². The highest BCUT2D eigenvalue weighted by atomic mass is 16.5. The highest BCUT2D eigenvalue weighted by Crippen LogP contribution is 2.43. The van der Waals surface area contributed by atoms with Crippen molar-refractivity contribution >= 4 is 11.9 Å². The van der Waals surface area contributed by atoms with Crippen LogP contribution in [0.1, 0.15) is 44.9 Å². The molecule has 0 unspecified atom stereocenters. The molecule has 1 atom stereocenters. The number of aromatic nitrogens is 2. The number of piperidine rings is 1. The van der Waals surface area contributed by atoms with E-state index in [1.165, 1.54) is 0 Å². The van der Waals surface area contributed by atoms with Gasteiger partial charge in [-0.2, -0.15) is 0 Å². The third-order valence-electron chi connectivity index (χ3n) is 7.57. The molecule has 1 aromatic heterocycles. The molecule has 7 nitrogen and oxygen atoms in total. The van der Waals surface area contributed by atoms with Crippen molar-refractivity contribution in [1.82, 2.24) is 14.9 Å². The van der Waals surface area contributed by atoms with E-state index in [9.17, 15) is 9.90 Å². The molecule has 1 aliphatic carbocycles. The van der Waals surface area contributed by atoms with E-state index in [1.807, 2.05) is 36.7 Å². The lowest BCUT2D eigenvalue weighted by Gasteiger charge is -2.40. The van der Waals surface area contributed by atoms with E-state index in [-0.39, 0.29) is 11.5 Å². The number of aliphatic hydroxyl groups is 1. The second-order valence-corrected chi connectivity index (χ2v) is 9.52. The van der Waals surface area contributed by atoms with Crippen molar-refractivity contribution in [1.29, 1.82) is 0 Å². The van der Waals surface area contributed by atoms with Gasteiger partial charge in [0.05, 0.1) is 18.6 Å². The quantitative estimate of drug-likeness (QED) is 0.793. The molecule has 170 valence electrons. The summed E-state index contributed by atoms with van der Waals surface area (Å²) in [5.41, 5.74) is 1.70. The van der Waals surface area contributed by atoms with E-state index in [0.717, 1.165) is 74.9 Å². The predicted octanol–water partition coefficient (Wildman–Crippen LogP) is 3.27. The number of ether oxygens (including phenoxy) is 1. The number of nitrogens with zero attached hydrogens (tertiary/aromatic N) is 4. The van der Waals surface area contributed by atoms with Crippen molar-refractivity contribution in [2.75, 3.05) is 31.6 Å². The van der Waals surface area contributed by atoms with E-state index < -0.39 is 0 Å². The monoisotopic (exact) mass is 436 g/mol. The normalized spacial score (nSPS) is 28.4. The number of amides is 1. The minimum absolute atomic E-state index is 0.193. The fourth-order valence-electron chi connectivity index (χ4n) is 5.66. The van der Waals surface area contributed by atoms with Gasteiger partial charge in [-0.15, -0.1) is 0 Å². The average molecular weight is 437 g/mol. The van der Waals surface area contributed by atoms with Crippen LogP contribution >= 0.6 is 0 Å². The van der Waals surface area contributed by atoms with Crippen molar-refractivity contribution in [3.8, 4) is 16.9 Å². The first kappa shape index (κ1) is 21.2. The maximum Gasteiger partial charge on any atom is 0.230 e. The van der Waals surface area contributed by atoms with Gasteiger partial charge in [0.25, 0.3) is 0 Å². The maximum absolute atomic E-state index is 13.5. The van der Waals surface area contributed by atoms with E-state index in [1.54, 1.807) is 7.11 Å². The largest absolute Gasteiger partial charge is 0.497 e. The van der Waals surface area contributed by atoms with Gasteiger partial charge >= 0.3 is 0 Å². The summed E-state index contributed by atoms with van der Waals surface area (Å²) in [5.74, 6) is 1.83. The van der Waals surface area contributed by atoms with Crippen molar-refractivity contribution in [2.45, 2.75) is 57.1 Å². The molecular weight excluding hydrogens is 404 g/mol. The molecule has 2 aromatic rings. The third-order valence-corrected chi connectivity index (χ3v) is 7.57. The Kier molecular flexibility index (Phi) is 5.76. The van der Waals surface area contributed by atoms with E-state index in [2.05, 4.69) is 19.8 Å². The Morgan fingerprint density at radius 2 is 1.72 bits per heavy atom. The standard InChI is InChI=1S/C25H32N4O3/c1-32-22-9-3-18(4-10-22)19-15-26-24(27-16-19)28-13-2-11-25(17-28)12-14-29(23(25)31)20-5-7-21(30)8-6-20/h3-4,9-10,15-16,20-21,30H,2,5-8,11-14,17H2,1H3/t20?,21?,25-/m0/s1. The first-order valence-corrected chi connectivity index (χ1v) is 11.8. The molecule has 0 radical (unpaired) electrons. The predicted molar refractivity (Wildman–Crippen MR) is 122 cm³/mol. The number of anilines is 1. The number of benzene rings is 1. The number of rotatable bonds is 4. The Hall–Kier alpha value is -2.67. The number of hydrogen-bond acceptors (Lipinski definition) is 6. The van der Waals surface area contributed by atoms with Crippen molar-refractivity contribution in [2.24, 2.45) is 5.41 Å². The summed E-state index contributed by atoms with van der Waals surface area (Å²) in [6.07, 6.45) is 9.81. The molecular formula is C25H32N4O3. The SMILES string of the molecule is COc1ccc(-c2cnc(N3CCC[C@]4(CCN(C5CCC(O)CC5)C4=O)C3)nc2)cc1.